The third-order valence-electron chi connectivity index (χ3n) is 3.63. The largest absolute Gasteiger partial charge is 0.355 e. The van der Waals surface area contributed by atoms with Gasteiger partial charge in [-0.2, -0.15) is 0 Å². The number of fused-ring (bicyclic) bond motifs is 3. The van der Waals surface area contributed by atoms with Crippen molar-refractivity contribution < 1.29 is 0 Å². The van der Waals surface area contributed by atoms with Crippen LogP contribution in [0.25, 0.3) is 21.8 Å². The molecule has 102 valence electrons. The fourth-order valence-corrected chi connectivity index (χ4v) is 2.59. The first-order valence-electron chi connectivity index (χ1n) is 6.98. The second-order valence-corrected chi connectivity index (χ2v) is 5.05. The van der Waals surface area contributed by atoms with Crippen LogP contribution in [0.3, 0.4) is 0 Å². The standard InChI is InChI=1S/C18H15N3/c1-2-6-13(7-3-1)20-21-14-10-11-18-16(12-14)15-8-4-5-9-17(15)19-18/h1-12,19-21H. The number of benzene rings is 3. The van der Waals surface area contributed by atoms with Crippen molar-refractivity contribution in [1.82, 2.24) is 4.98 Å². The summed E-state index contributed by atoms with van der Waals surface area (Å²) in [4.78, 5) is 3.43. The lowest BCUT2D eigenvalue weighted by Crippen LogP contribution is -2.07. The van der Waals surface area contributed by atoms with Gasteiger partial charge in [0.15, 0.2) is 0 Å². The Labute approximate surface area is 122 Å². The van der Waals surface area contributed by atoms with Crippen molar-refractivity contribution in [1.29, 1.82) is 0 Å². The van der Waals surface area contributed by atoms with Gasteiger partial charge in [0.05, 0.1) is 11.4 Å². The lowest BCUT2D eigenvalue weighted by Gasteiger charge is -2.09. The average molecular weight is 273 g/mol. The molecule has 1 aromatic heterocycles. The Morgan fingerprint density at radius 1 is 0.571 bits per heavy atom. The number of hydrogen-bond donors (Lipinski definition) is 3. The van der Waals surface area contributed by atoms with Crippen LogP contribution in [0.15, 0.2) is 72.8 Å². The van der Waals surface area contributed by atoms with Crippen molar-refractivity contribution in [2.75, 3.05) is 10.9 Å². The molecule has 3 N–H and O–H groups in total. The number of anilines is 2. The van der Waals surface area contributed by atoms with Crippen molar-refractivity contribution in [3.63, 3.8) is 0 Å². The molecular weight excluding hydrogens is 258 g/mol. The number of hydrazine groups is 1. The summed E-state index contributed by atoms with van der Waals surface area (Å²) in [6.07, 6.45) is 0. The fraction of sp³-hybridized carbons (Fsp3) is 0. The van der Waals surface area contributed by atoms with Gasteiger partial charge in [-0.3, -0.25) is 0 Å². The van der Waals surface area contributed by atoms with Crippen molar-refractivity contribution in [3.8, 4) is 0 Å². The van der Waals surface area contributed by atoms with Gasteiger partial charge in [0.1, 0.15) is 0 Å². The minimum Gasteiger partial charge on any atom is -0.355 e. The smallest absolute Gasteiger partial charge is 0.0547 e. The summed E-state index contributed by atoms with van der Waals surface area (Å²) in [5.74, 6) is 0. The van der Waals surface area contributed by atoms with E-state index in [9.17, 15) is 0 Å². The SMILES string of the molecule is c1ccc(NNc2ccc3[nH]c4ccccc4c3c2)cc1. The molecule has 1 heterocycles. The number of rotatable bonds is 3. The maximum Gasteiger partial charge on any atom is 0.0547 e. The minimum absolute atomic E-state index is 1.04. The maximum absolute atomic E-state index is 3.43. The van der Waals surface area contributed by atoms with E-state index in [-0.39, 0.29) is 0 Å². The first kappa shape index (κ1) is 11.9. The number of H-pyrrole nitrogens is 1. The predicted molar refractivity (Wildman–Crippen MR) is 89.5 cm³/mol. The Balaban J connectivity index is 1.68. The molecule has 21 heavy (non-hydrogen) atoms. The molecule has 4 aromatic rings. The molecule has 0 atom stereocenters. The van der Waals surface area contributed by atoms with Crippen molar-refractivity contribution in [2.45, 2.75) is 0 Å². The molecule has 0 aliphatic carbocycles. The number of nitrogens with one attached hydrogen (secondary N) is 3. The highest BCUT2D eigenvalue weighted by Crippen LogP contribution is 2.27. The third-order valence-corrected chi connectivity index (χ3v) is 3.63. The van der Waals surface area contributed by atoms with Gasteiger partial charge in [-0.1, -0.05) is 36.4 Å². The summed E-state index contributed by atoms with van der Waals surface area (Å²) in [7, 11) is 0. The van der Waals surface area contributed by atoms with Gasteiger partial charge >= 0.3 is 0 Å². The van der Waals surface area contributed by atoms with Gasteiger partial charge in [0, 0.05) is 21.8 Å². The van der Waals surface area contributed by atoms with E-state index in [4.69, 9.17) is 0 Å². The van der Waals surface area contributed by atoms with Crippen LogP contribution in [-0.2, 0) is 0 Å². The molecule has 0 aliphatic rings. The first-order valence-corrected chi connectivity index (χ1v) is 6.98. The summed E-state index contributed by atoms with van der Waals surface area (Å²) >= 11 is 0. The summed E-state index contributed by atoms with van der Waals surface area (Å²) in [6.45, 7) is 0. The molecule has 4 rings (SSSR count). The first-order chi connectivity index (χ1) is 10.4. The molecular formula is C18H15N3. The second-order valence-electron chi connectivity index (χ2n) is 5.05. The highest BCUT2D eigenvalue weighted by Gasteiger charge is 2.04. The molecule has 3 heteroatoms. The topological polar surface area (TPSA) is 39.8 Å². The molecule has 3 aromatic carbocycles. The van der Waals surface area contributed by atoms with E-state index in [0.717, 1.165) is 16.9 Å². The predicted octanol–water partition coefficient (Wildman–Crippen LogP) is 4.76. The van der Waals surface area contributed by atoms with Gasteiger partial charge in [-0.05, 0) is 36.4 Å². The molecule has 0 amide bonds. The molecule has 0 unspecified atom stereocenters. The maximum atomic E-state index is 3.43. The van der Waals surface area contributed by atoms with Crippen molar-refractivity contribution in [3.05, 3.63) is 72.8 Å². The normalized spacial score (nSPS) is 10.9. The zero-order valence-corrected chi connectivity index (χ0v) is 11.4. The highest BCUT2D eigenvalue weighted by molar-refractivity contribution is 6.08. The van der Waals surface area contributed by atoms with Crippen LogP contribution in [0.2, 0.25) is 0 Å². The average Bonchev–Trinajstić information content (AvgIpc) is 2.92. The Bertz CT molecular complexity index is 894. The zero-order chi connectivity index (χ0) is 14.1. The molecule has 0 radical (unpaired) electrons. The summed E-state index contributed by atoms with van der Waals surface area (Å²) in [6, 6.07) is 24.7. The minimum atomic E-state index is 1.04. The van der Waals surface area contributed by atoms with Crippen LogP contribution in [-0.4, -0.2) is 4.98 Å². The molecule has 3 nitrogen and oxygen atoms in total. The summed E-state index contributed by atoms with van der Waals surface area (Å²) in [5, 5.41) is 2.47. The van der Waals surface area contributed by atoms with E-state index in [2.05, 4.69) is 52.2 Å². The van der Waals surface area contributed by atoms with Crippen LogP contribution in [0.5, 0.6) is 0 Å². The lowest BCUT2D eigenvalue weighted by molar-refractivity contribution is 1.42. The third kappa shape index (κ3) is 2.19. The zero-order valence-electron chi connectivity index (χ0n) is 11.4. The number of aromatic nitrogens is 1. The summed E-state index contributed by atoms with van der Waals surface area (Å²) < 4.78 is 0. The molecule has 0 spiro atoms. The Kier molecular flexibility index (Phi) is 2.75. The molecule has 0 aliphatic heterocycles. The lowest BCUT2D eigenvalue weighted by atomic mass is 10.1. The van der Waals surface area contributed by atoms with Crippen molar-refractivity contribution >= 4 is 33.2 Å². The monoisotopic (exact) mass is 273 g/mol. The van der Waals surface area contributed by atoms with Gasteiger partial charge < -0.3 is 15.8 Å². The van der Waals surface area contributed by atoms with E-state index in [0.29, 0.717) is 0 Å². The van der Waals surface area contributed by atoms with E-state index >= 15 is 0 Å². The van der Waals surface area contributed by atoms with E-state index in [1.807, 2.05) is 36.4 Å². The second kappa shape index (κ2) is 4.87. The molecule has 0 saturated heterocycles. The Morgan fingerprint density at radius 2 is 1.29 bits per heavy atom. The van der Waals surface area contributed by atoms with Crippen molar-refractivity contribution in [2.24, 2.45) is 0 Å². The van der Waals surface area contributed by atoms with Gasteiger partial charge in [0.25, 0.3) is 0 Å². The van der Waals surface area contributed by atoms with E-state index < -0.39 is 0 Å². The van der Waals surface area contributed by atoms with Crippen LogP contribution in [0, 0.1) is 0 Å². The van der Waals surface area contributed by atoms with Crippen LogP contribution < -0.4 is 10.9 Å². The quantitative estimate of drug-likeness (QED) is 0.471. The summed E-state index contributed by atoms with van der Waals surface area (Å²) in [5.41, 5.74) is 10.8. The van der Waals surface area contributed by atoms with Crippen LogP contribution in [0.4, 0.5) is 11.4 Å². The van der Waals surface area contributed by atoms with E-state index in [1.54, 1.807) is 0 Å². The van der Waals surface area contributed by atoms with Gasteiger partial charge in [-0.25, -0.2) is 0 Å². The number of para-hydroxylation sites is 2. The van der Waals surface area contributed by atoms with Gasteiger partial charge in [-0.15, -0.1) is 0 Å². The van der Waals surface area contributed by atoms with E-state index in [1.165, 1.54) is 16.3 Å². The number of aromatic amines is 1. The number of hydrogen-bond acceptors (Lipinski definition) is 2. The molecule has 0 bridgehead atoms. The highest BCUT2D eigenvalue weighted by atomic mass is 15.4. The van der Waals surface area contributed by atoms with Crippen LogP contribution >= 0.6 is 0 Å². The molecule has 0 saturated carbocycles. The molecule has 0 fully saturated rings. The van der Waals surface area contributed by atoms with Crippen LogP contribution in [0.1, 0.15) is 0 Å². The Hall–Kier alpha value is -2.94. The Morgan fingerprint density at radius 3 is 2.19 bits per heavy atom. The fourth-order valence-electron chi connectivity index (χ4n) is 2.59. The van der Waals surface area contributed by atoms with Gasteiger partial charge in [0.2, 0.25) is 0 Å².